The van der Waals surface area contributed by atoms with Gasteiger partial charge in [0.05, 0.1) is 26.0 Å². The second-order valence-electron chi connectivity index (χ2n) is 10.1. The van der Waals surface area contributed by atoms with E-state index < -0.39 is 47.4 Å². The molecule has 2 aromatic rings. The monoisotopic (exact) mass is 530 g/mol. The minimum absolute atomic E-state index is 0.0374. The van der Waals surface area contributed by atoms with Gasteiger partial charge in [-0.25, -0.2) is 4.79 Å². The zero-order chi connectivity index (χ0) is 27.6. The number of carbonyl (C=O) groups excluding carboxylic acids is 5. The van der Waals surface area contributed by atoms with Crippen molar-refractivity contribution < 1.29 is 33.5 Å². The molecular formula is C30H30N2O7. The molecule has 9 nitrogen and oxygen atoms in total. The van der Waals surface area contributed by atoms with Crippen LogP contribution in [0.5, 0.6) is 0 Å². The summed E-state index contributed by atoms with van der Waals surface area (Å²) in [4.78, 5) is 70.8. The van der Waals surface area contributed by atoms with E-state index in [1.807, 2.05) is 60.7 Å². The molecule has 1 aliphatic carbocycles. The van der Waals surface area contributed by atoms with Crippen molar-refractivity contribution in [3.8, 4) is 11.1 Å². The maximum atomic E-state index is 13.9. The van der Waals surface area contributed by atoms with Gasteiger partial charge in [0.25, 0.3) is 11.8 Å². The lowest BCUT2D eigenvalue weighted by molar-refractivity contribution is -0.198. The van der Waals surface area contributed by atoms with Crippen LogP contribution in [0, 0.1) is 11.3 Å². The van der Waals surface area contributed by atoms with Crippen LogP contribution in [0.3, 0.4) is 0 Å². The number of carbonyl (C=O) groups is 5. The van der Waals surface area contributed by atoms with Crippen molar-refractivity contribution in [3.05, 3.63) is 71.9 Å². The van der Waals surface area contributed by atoms with Crippen molar-refractivity contribution >= 4 is 29.7 Å². The van der Waals surface area contributed by atoms with E-state index in [9.17, 15) is 24.0 Å². The standard InChI is InChI=1S/C30H30N2O7/c1-38-29(37)30-17-7-3-6-10-24(30)31(19-20-11-13-22(14-12-20)21-8-4-2-5-9-21)28(36)23(30)18-27(35)39-32-25(33)15-16-26(32)34/h2,4-5,8-14,23H,3,6-7,15-19H2,1H3/t23-,30-/m1/s1. The number of methoxy groups -OCH3 is 1. The molecule has 3 aliphatic rings. The Labute approximate surface area is 226 Å². The molecule has 2 fully saturated rings. The molecule has 0 aromatic heterocycles. The number of nitrogens with zero attached hydrogens (tertiary/aromatic N) is 2. The highest BCUT2D eigenvalue weighted by Crippen LogP contribution is 2.53. The predicted octanol–water partition coefficient (Wildman–Crippen LogP) is 3.93. The lowest BCUT2D eigenvalue weighted by Crippen LogP contribution is -2.41. The zero-order valence-electron chi connectivity index (χ0n) is 21.8. The highest BCUT2D eigenvalue weighted by molar-refractivity contribution is 6.02. The summed E-state index contributed by atoms with van der Waals surface area (Å²) >= 11 is 0. The fourth-order valence-corrected chi connectivity index (χ4v) is 5.85. The average Bonchev–Trinajstić information content (AvgIpc) is 3.25. The number of rotatable bonds is 7. The van der Waals surface area contributed by atoms with Crippen LogP contribution < -0.4 is 0 Å². The maximum absolute atomic E-state index is 13.9. The van der Waals surface area contributed by atoms with Crippen LogP contribution in [-0.2, 0) is 40.1 Å². The summed E-state index contributed by atoms with van der Waals surface area (Å²) in [6, 6.07) is 17.8. The fourth-order valence-electron chi connectivity index (χ4n) is 5.85. The van der Waals surface area contributed by atoms with Gasteiger partial charge in [-0.1, -0.05) is 67.1 Å². The Bertz CT molecular complexity index is 1320. The van der Waals surface area contributed by atoms with Crippen LogP contribution in [0.2, 0.25) is 0 Å². The molecule has 0 unspecified atom stereocenters. The Hall–Kier alpha value is -4.27. The topological polar surface area (TPSA) is 110 Å². The summed E-state index contributed by atoms with van der Waals surface area (Å²) in [6.45, 7) is 0.215. The quantitative estimate of drug-likeness (QED) is 0.394. The lowest BCUT2D eigenvalue weighted by atomic mass is 9.71. The van der Waals surface area contributed by atoms with E-state index in [-0.39, 0.29) is 19.4 Å². The van der Waals surface area contributed by atoms with Gasteiger partial charge in [-0.2, -0.15) is 0 Å². The maximum Gasteiger partial charge on any atom is 0.334 e. The number of ether oxygens (including phenoxy) is 1. The number of esters is 1. The summed E-state index contributed by atoms with van der Waals surface area (Å²) < 4.78 is 5.21. The van der Waals surface area contributed by atoms with Gasteiger partial charge in [0, 0.05) is 18.5 Å². The van der Waals surface area contributed by atoms with Crippen LogP contribution in [0.1, 0.15) is 50.5 Å². The Morgan fingerprint density at radius 3 is 2.26 bits per heavy atom. The molecule has 5 rings (SSSR count). The number of imide groups is 1. The largest absolute Gasteiger partial charge is 0.468 e. The number of allylic oxidation sites excluding steroid dienone is 1. The molecule has 9 heteroatoms. The lowest BCUT2D eigenvalue weighted by Gasteiger charge is -2.31. The molecule has 0 bridgehead atoms. The smallest absolute Gasteiger partial charge is 0.334 e. The van der Waals surface area contributed by atoms with Gasteiger partial charge in [0.2, 0.25) is 5.91 Å². The Morgan fingerprint density at radius 1 is 0.923 bits per heavy atom. The van der Waals surface area contributed by atoms with E-state index in [2.05, 4.69) is 0 Å². The van der Waals surface area contributed by atoms with E-state index in [1.54, 1.807) is 4.90 Å². The molecular weight excluding hydrogens is 500 g/mol. The first-order chi connectivity index (χ1) is 18.8. The van der Waals surface area contributed by atoms with E-state index >= 15 is 0 Å². The third kappa shape index (κ3) is 4.84. The number of hydroxylamine groups is 2. The van der Waals surface area contributed by atoms with Gasteiger partial charge in [0.15, 0.2) is 0 Å². The first kappa shape index (κ1) is 26.3. The Morgan fingerprint density at radius 2 is 1.59 bits per heavy atom. The molecule has 0 saturated carbocycles. The third-order valence-corrected chi connectivity index (χ3v) is 7.79. The molecule has 202 valence electrons. The van der Waals surface area contributed by atoms with Gasteiger partial charge >= 0.3 is 11.9 Å². The molecule has 2 heterocycles. The molecule has 0 spiro atoms. The van der Waals surface area contributed by atoms with Crippen LogP contribution in [0.4, 0.5) is 0 Å². The number of hydrogen-bond donors (Lipinski definition) is 0. The normalized spacial score (nSPS) is 22.8. The number of benzene rings is 2. The first-order valence-corrected chi connectivity index (χ1v) is 13.2. The highest BCUT2D eigenvalue weighted by Gasteiger charge is 2.61. The van der Waals surface area contributed by atoms with Gasteiger partial charge in [-0.05, 0) is 36.0 Å². The molecule has 39 heavy (non-hydrogen) atoms. The van der Waals surface area contributed by atoms with Crippen molar-refractivity contribution in [1.82, 2.24) is 9.96 Å². The van der Waals surface area contributed by atoms with Gasteiger partial charge in [-0.15, -0.1) is 5.06 Å². The van der Waals surface area contributed by atoms with Crippen molar-refractivity contribution in [2.75, 3.05) is 7.11 Å². The average molecular weight is 531 g/mol. The van der Waals surface area contributed by atoms with Crippen molar-refractivity contribution in [2.24, 2.45) is 11.3 Å². The SMILES string of the molecule is COC(=O)[C@@]12CCCCC=C1N(Cc1ccc(-c3ccccc3)cc1)C(=O)[C@H]2CC(=O)ON1C(=O)CCC1=O. The summed E-state index contributed by atoms with van der Waals surface area (Å²) in [7, 11) is 1.27. The third-order valence-electron chi connectivity index (χ3n) is 7.79. The van der Waals surface area contributed by atoms with Crippen LogP contribution >= 0.6 is 0 Å². The Kier molecular flexibility index (Phi) is 7.32. The van der Waals surface area contributed by atoms with Gasteiger partial charge in [0.1, 0.15) is 5.41 Å². The van der Waals surface area contributed by atoms with Crippen LogP contribution in [0.25, 0.3) is 11.1 Å². The minimum atomic E-state index is -1.36. The van der Waals surface area contributed by atoms with Crippen molar-refractivity contribution in [2.45, 2.75) is 51.5 Å². The second-order valence-corrected chi connectivity index (χ2v) is 10.1. The van der Waals surface area contributed by atoms with Crippen LogP contribution in [0.15, 0.2) is 66.4 Å². The van der Waals surface area contributed by atoms with Gasteiger partial charge in [-0.3, -0.25) is 19.2 Å². The molecule has 0 N–H and O–H groups in total. The molecule has 3 amide bonds. The fraction of sp³-hybridized carbons (Fsp3) is 0.367. The molecule has 2 aromatic carbocycles. The summed E-state index contributed by atoms with van der Waals surface area (Å²) in [5.74, 6) is -4.20. The van der Waals surface area contributed by atoms with Crippen LogP contribution in [-0.4, -0.2) is 46.7 Å². The number of fused-ring (bicyclic) bond motifs is 1. The minimum Gasteiger partial charge on any atom is -0.468 e. The highest BCUT2D eigenvalue weighted by atomic mass is 16.7. The molecule has 2 saturated heterocycles. The number of amides is 3. The predicted molar refractivity (Wildman–Crippen MR) is 139 cm³/mol. The summed E-state index contributed by atoms with van der Waals surface area (Å²) in [5.41, 5.74) is 2.16. The van der Waals surface area contributed by atoms with Gasteiger partial charge < -0.3 is 14.5 Å². The first-order valence-electron chi connectivity index (χ1n) is 13.2. The van der Waals surface area contributed by atoms with E-state index in [0.717, 1.165) is 23.1 Å². The Balaban J connectivity index is 1.44. The van der Waals surface area contributed by atoms with E-state index in [4.69, 9.17) is 9.57 Å². The van der Waals surface area contributed by atoms with Crippen molar-refractivity contribution in [3.63, 3.8) is 0 Å². The number of likely N-dealkylation sites (tertiary alicyclic amines) is 1. The molecule has 2 aliphatic heterocycles. The molecule has 2 atom stereocenters. The molecule has 0 radical (unpaired) electrons. The van der Waals surface area contributed by atoms with Crippen molar-refractivity contribution in [1.29, 1.82) is 0 Å². The van der Waals surface area contributed by atoms with E-state index in [0.29, 0.717) is 30.0 Å². The summed E-state index contributed by atoms with van der Waals surface area (Å²) in [5, 5.41) is 0.461. The zero-order valence-corrected chi connectivity index (χ0v) is 21.8. The second kappa shape index (κ2) is 10.8. The number of hydrogen-bond acceptors (Lipinski definition) is 7. The summed E-state index contributed by atoms with van der Waals surface area (Å²) in [6.07, 6.45) is 3.86. The van der Waals surface area contributed by atoms with E-state index in [1.165, 1.54) is 7.11 Å².